The normalized spacial score (nSPS) is 12.4. The van der Waals surface area contributed by atoms with E-state index in [0.717, 1.165) is 29.0 Å². The number of nitrogens with zero attached hydrogens (tertiary/aromatic N) is 2. The molecule has 0 unspecified atom stereocenters. The van der Waals surface area contributed by atoms with Gasteiger partial charge in [0.2, 0.25) is 0 Å². The minimum absolute atomic E-state index is 0.461. The second-order valence-electron chi connectivity index (χ2n) is 4.71. The van der Waals surface area contributed by atoms with Crippen LogP contribution in [0.5, 0.6) is 5.75 Å². The lowest BCUT2D eigenvalue weighted by molar-refractivity contribution is 0.190. The molecule has 2 aromatic rings. The van der Waals surface area contributed by atoms with Crippen LogP contribution in [0.1, 0.15) is 36.6 Å². The molecule has 0 radical (unpaired) electrons. The smallest absolute Gasteiger partial charge is 0.125 e. The van der Waals surface area contributed by atoms with Crippen LogP contribution in [0.25, 0.3) is 0 Å². The van der Waals surface area contributed by atoms with Crippen LogP contribution in [-0.2, 0) is 13.2 Å². The molecule has 0 fully saturated rings. The van der Waals surface area contributed by atoms with E-state index < -0.39 is 6.10 Å². The lowest BCUT2D eigenvalue weighted by Gasteiger charge is -2.13. The molecular formula is C15H20N2O2. The predicted octanol–water partition coefficient (Wildman–Crippen LogP) is 2.84. The lowest BCUT2D eigenvalue weighted by Crippen LogP contribution is -2.01. The van der Waals surface area contributed by atoms with Crippen LogP contribution in [0, 0.1) is 6.92 Å². The number of benzene rings is 1. The third kappa shape index (κ3) is 3.35. The molecule has 0 aliphatic rings. The molecule has 19 heavy (non-hydrogen) atoms. The number of ether oxygens (including phenoxy) is 1. The minimum Gasteiger partial charge on any atom is -0.488 e. The molecule has 0 spiro atoms. The van der Waals surface area contributed by atoms with Crippen LogP contribution in [0.3, 0.4) is 0 Å². The fourth-order valence-corrected chi connectivity index (χ4v) is 1.93. The Kier molecular flexibility index (Phi) is 4.22. The highest BCUT2D eigenvalue weighted by Crippen LogP contribution is 2.27. The molecule has 4 heteroatoms. The van der Waals surface area contributed by atoms with Gasteiger partial charge < -0.3 is 9.84 Å². The van der Waals surface area contributed by atoms with Crippen LogP contribution in [-0.4, -0.2) is 14.9 Å². The average molecular weight is 260 g/mol. The number of aliphatic hydroxyl groups is 1. The van der Waals surface area contributed by atoms with Gasteiger partial charge in [-0.1, -0.05) is 12.1 Å². The molecule has 0 bridgehead atoms. The second kappa shape index (κ2) is 5.89. The van der Waals surface area contributed by atoms with Crippen molar-refractivity contribution in [3.63, 3.8) is 0 Å². The maximum Gasteiger partial charge on any atom is 0.125 e. The van der Waals surface area contributed by atoms with E-state index in [1.807, 2.05) is 42.9 Å². The van der Waals surface area contributed by atoms with Gasteiger partial charge in [0.05, 0.1) is 12.3 Å². The molecule has 4 nitrogen and oxygen atoms in total. The van der Waals surface area contributed by atoms with Crippen molar-refractivity contribution in [2.75, 3.05) is 0 Å². The lowest BCUT2D eigenvalue weighted by atomic mass is 10.1. The fourth-order valence-electron chi connectivity index (χ4n) is 1.93. The van der Waals surface area contributed by atoms with E-state index in [4.69, 9.17) is 4.74 Å². The van der Waals surface area contributed by atoms with Crippen LogP contribution < -0.4 is 4.74 Å². The molecular weight excluding hydrogens is 240 g/mol. The summed E-state index contributed by atoms with van der Waals surface area (Å²) in [4.78, 5) is 0. The van der Waals surface area contributed by atoms with Gasteiger partial charge in [-0.2, -0.15) is 5.10 Å². The quantitative estimate of drug-likeness (QED) is 0.899. The molecule has 1 atom stereocenters. The average Bonchev–Trinajstić information content (AvgIpc) is 2.84. The number of hydrogen-bond donors (Lipinski definition) is 1. The summed E-state index contributed by atoms with van der Waals surface area (Å²) in [6.45, 7) is 7.11. The molecule has 102 valence electrons. The predicted molar refractivity (Wildman–Crippen MR) is 74.0 cm³/mol. The Morgan fingerprint density at radius 1 is 1.42 bits per heavy atom. The van der Waals surface area contributed by atoms with Crippen molar-refractivity contribution in [3.8, 4) is 5.75 Å². The first-order valence-corrected chi connectivity index (χ1v) is 6.53. The topological polar surface area (TPSA) is 47.3 Å². The molecule has 1 heterocycles. The first kappa shape index (κ1) is 13.6. The summed E-state index contributed by atoms with van der Waals surface area (Å²) >= 11 is 0. The molecule has 0 saturated heterocycles. The van der Waals surface area contributed by atoms with Gasteiger partial charge in [0.1, 0.15) is 12.4 Å². The van der Waals surface area contributed by atoms with Crippen molar-refractivity contribution in [3.05, 3.63) is 47.3 Å². The summed E-state index contributed by atoms with van der Waals surface area (Å²) in [5.74, 6) is 0.735. The molecule has 2 rings (SSSR count). The highest BCUT2D eigenvalue weighted by atomic mass is 16.5. The third-order valence-corrected chi connectivity index (χ3v) is 3.02. The van der Waals surface area contributed by atoms with E-state index in [1.54, 1.807) is 13.1 Å². The number of rotatable bonds is 5. The summed E-state index contributed by atoms with van der Waals surface area (Å²) in [7, 11) is 0. The van der Waals surface area contributed by atoms with Crippen LogP contribution >= 0.6 is 0 Å². The number of aromatic nitrogens is 2. The van der Waals surface area contributed by atoms with Crippen molar-refractivity contribution >= 4 is 0 Å². The van der Waals surface area contributed by atoms with Gasteiger partial charge in [-0.25, -0.2) is 0 Å². The highest BCUT2D eigenvalue weighted by molar-refractivity contribution is 5.38. The van der Waals surface area contributed by atoms with Gasteiger partial charge in [0.15, 0.2) is 0 Å². The zero-order valence-corrected chi connectivity index (χ0v) is 11.6. The number of hydrogen-bond acceptors (Lipinski definition) is 3. The molecule has 1 aromatic carbocycles. The van der Waals surface area contributed by atoms with E-state index in [0.29, 0.717) is 6.61 Å². The van der Waals surface area contributed by atoms with Crippen molar-refractivity contribution in [2.24, 2.45) is 0 Å². The first-order valence-electron chi connectivity index (χ1n) is 6.53. The first-order chi connectivity index (χ1) is 9.10. The Balaban J connectivity index is 2.12. The standard InChI is InChI=1S/C15H20N2O2/c1-4-17-9-13(8-16-17)10-19-15-7-11(2)5-6-14(15)12(3)18/h5-9,12,18H,4,10H2,1-3H3/t12-/m1/s1. The molecule has 0 aliphatic heterocycles. The van der Waals surface area contributed by atoms with E-state index >= 15 is 0 Å². The Morgan fingerprint density at radius 2 is 2.21 bits per heavy atom. The summed E-state index contributed by atoms with van der Waals surface area (Å²) in [5, 5.41) is 13.9. The summed E-state index contributed by atoms with van der Waals surface area (Å²) in [6.07, 6.45) is 3.24. The van der Waals surface area contributed by atoms with Crippen molar-refractivity contribution < 1.29 is 9.84 Å². The molecule has 0 aliphatic carbocycles. The Labute approximate surface area is 113 Å². The fraction of sp³-hybridized carbons (Fsp3) is 0.400. The summed E-state index contributed by atoms with van der Waals surface area (Å²) < 4.78 is 7.68. The van der Waals surface area contributed by atoms with Crippen LogP contribution in [0.15, 0.2) is 30.6 Å². The monoisotopic (exact) mass is 260 g/mol. The van der Waals surface area contributed by atoms with E-state index in [-0.39, 0.29) is 0 Å². The van der Waals surface area contributed by atoms with E-state index in [9.17, 15) is 5.11 Å². The van der Waals surface area contributed by atoms with Gasteiger partial charge in [0, 0.05) is 23.9 Å². The highest BCUT2D eigenvalue weighted by Gasteiger charge is 2.10. The molecule has 1 N–H and O–H groups in total. The molecule has 0 amide bonds. The zero-order valence-electron chi connectivity index (χ0n) is 11.6. The van der Waals surface area contributed by atoms with E-state index in [2.05, 4.69) is 5.10 Å². The maximum atomic E-state index is 9.74. The van der Waals surface area contributed by atoms with Crippen LogP contribution in [0.4, 0.5) is 0 Å². The molecule has 0 saturated carbocycles. The van der Waals surface area contributed by atoms with E-state index in [1.165, 1.54) is 0 Å². The Hall–Kier alpha value is -1.81. The van der Waals surface area contributed by atoms with Crippen molar-refractivity contribution in [1.82, 2.24) is 9.78 Å². The van der Waals surface area contributed by atoms with Gasteiger partial charge in [0.25, 0.3) is 0 Å². The van der Waals surface area contributed by atoms with Crippen molar-refractivity contribution in [2.45, 2.75) is 40.0 Å². The van der Waals surface area contributed by atoms with Gasteiger partial charge in [-0.15, -0.1) is 0 Å². The van der Waals surface area contributed by atoms with Crippen molar-refractivity contribution in [1.29, 1.82) is 0 Å². The SMILES string of the molecule is CCn1cc(COc2cc(C)ccc2[C@@H](C)O)cn1. The third-order valence-electron chi connectivity index (χ3n) is 3.02. The maximum absolute atomic E-state index is 9.74. The largest absolute Gasteiger partial charge is 0.488 e. The van der Waals surface area contributed by atoms with Gasteiger partial charge in [-0.3, -0.25) is 4.68 Å². The minimum atomic E-state index is -0.533. The molecule has 1 aromatic heterocycles. The second-order valence-corrected chi connectivity index (χ2v) is 4.71. The van der Waals surface area contributed by atoms with Crippen LogP contribution in [0.2, 0.25) is 0 Å². The number of aryl methyl sites for hydroxylation is 2. The summed E-state index contributed by atoms with van der Waals surface area (Å²) in [6, 6.07) is 5.83. The van der Waals surface area contributed by atoms with Gasteiger partial charge in [-0.05, 0) is 32.4 Å². The summed E-state index contributed by atoms with van der Waals surface area (Å²) in [5.41, 5.74) is 2.96. The number of aliphatic hydroxyl groups excluding tert-OH is 1. The zero-order chi connectivity index (χ0) is 13.8. The Bertz CT molecular complexity index is 547. The van der Waals surface area contributed by atoms with Gasteiger partial charge >= 0.3 is 0 Å². The Morgan fingerprint density at radius 3 is 2.84 bits per heavy atom.